The predicted molar refractivity (Wildman–Crippen MR) is 341 cm³/mol. The molecule has 2 aliphatic heterocycles. The number of para-hydroxylation sites is 2. The lowest BCUT2D eigenvalue weighted by atomic mass is 9.84. The Labute approximate surface area is 468 Å². The maximum Gasteiger partial charge on any atom is 0.0629 e. The second-order valence-corrected chi connectivity index (χ2v) is 21.4. The Bertz CT molecular complexity index is 4400. The molecule has 2 aliphatic carbocycles. The predicted octanol–water partition coefficient (Wildman–Crippen LogP) is 20.9. The Morgan fingerprint density at radius 3 is 1.50 bits per heavy atom. The van der Waals surface area contributed by atoms with Crippen molar-refractivity contribution in [3.8, 4) is 44.5 Å². The number of benzene rings is 11. The molecule has 2 nitrogen and oxygen atoms in total. The monoisotopic (exact) mass is 1020 g/mol. The van der Waals surface area contributed by atoms with Crippen LogP contribution in [-0.4, -0.2) is 6.04 Å². The van der Waals surface area contributed by atoms with Crippen LogP contribution in [0.2, 0.25) is 0 Å². The van der Waals surface area contributed by atoms with Crippen LogP contribution >= 0.6 is 0 Å². The van der Waals surface area contributed by atoms with Gasteiger partial charge in [0, 0.05) is 39.8 Å². The average molecular weight is 1020 g/mol. The molecule has 0 amide bonds. The molecule has 11 aromatic rings. The van der Waals surface area contributed by atoms with Crippen LogP contribution in [-0.2, 0) is 0 Å². The van der Waals surface area contributed by atoms with Crippen molar-refractivity contribution >= 4 is 74.2 Å². The molecular formula is C78H56N2. The molecule has 2 heteroatoms. The summed E-state index contributed by atoms with van der Waals surface area (Å²) in [5.41, 5.74) is 24.8. The van der Waals surface area contributed by atoms with E-state index in [4.69, 9.17) is 0 Å². The minimum atomic E-state index is 0.152. The summed E-state index contributed by atoms with van der Waals surface area (Å²) in [5.74, 6) is 0.234. The zero-order valence-electron chi connectivity index (χ0n) is 44.3. The molecule has 0 fully saturated rings. The summed E-state index contributed by atoms with van der Waals surface area (Å²) in [6, 6.07) is 89.8. The molecule has 2 heterocycles. The smallest absolute Gasteiger partial charge is 0.0629 e. The first-order valence-electron chi connectivity index (χ1n) is 28.1. The Kier molecular flexibility index (Phi) is 11.9. The summed E-state index contributed by atoms with van der Waals surface area (Å²) in [7, 11) is 0. The van der Waals surface area contributed by atoms with E-state index in [1.165, 1.54) is 106 Å². The normalized spacial score (nSPS) is 16.1. The van der Waals surface area contributed by atoms with E-state index in [2.05, 4.69) is 313 Å². The van der Waals surface area contributed by atoms with Gasteiger partial charge >= 0.3 is 0 Å². The molecule has 4 aliphatic rings. The van der Waals surface area contributed by atoms with Gasteiger partial charge in [-0.05, 0) is 161 Å². The fourth-order valence-electron chi connectivity index (χ4n) is 13.1. The van der Waals surface area contributed by atoms with Crippen LogP contribution in [0.3, 0.4) is 0 Å². The van der Waals surface area contributed by atoms with Crippen LogP contribution in [0.15, 0.2) is 285 Å². The Balaban J connectivity index is 0.792. The quantitative estimate of drug-likeness (QED) is 0.111. The van der Waals surface area contributed by atoms with Crippen molar-refractivity contribution in [2.75, 3.05) is 9.80 Å². The Hall–Kier alpha value is -10.0. The maximum atomic E-state index is 2.53. The largest absolute Gasteiger partial charge is 0.333 e. The molecule has 0 spiro atoms. The van der Waals surface area contributed by atoms with Crippen molar-refractivity contribution < 1.29 is 0 Å². The first-order chi connectivity index (χ1) is 39.7. The SMILES string of the molecule is C1=CC2c3ccccc3-c3ccccc3N(c3ccc(/C=C/c4ccc5c(-c6ccccc6)c(-c6ccccc6)c6ccc(/C=C/c7ccc(N8C9=C(CCC=C9)c9ccccc9-c9ccccc98)cc7)cc6c5c4)cc3)C2C=C1. The maximum absolute atomic E-state index is 2.53. The lowest BCUT2D eigenvalue weighted by Crippen LogP contribution is -2.34. The molecule has 0 saturated carbocycles. The van der Waals surface area contributed by atoms with Gasteiger partial charge in [0.15, 0.2) is 0 Å². The van der Waals surface area contributed by atoms with E-state index in [1.54, 1.807) is 0 Å². The summed E-state index contributed by atoms with van der Waals surface area (Å²) >= 11 is 0. The first-order valence-corrected chi connectivity index (χ1v) is 28.1. The van der Waals surface area contributed by atoms with Gasteiger partial charge < -0.3 is 9.80 Å². The molecule has 0 bridgehead atoms. The fourth-order valence-corrected chi connectivity index (χ4v) is 13.1. The Morgan fingerprint density at radius 2 is 0.863 bits per heavy atom. The average Bonchev–Trinajstić information content (AvgIpc) is 3.84. The van der Waals surface area contributed by atoms with Crippen molar-refractivity contribution in [1.29, 1.82) is 0 Å². The minimum Gasteiger partial charge on any atom is -0.333 e. The van der Waals surface area contributed by atoms with E-state index in [1.807, 2.05) is 0 Å². The summed E-state index contributed by atoms with van der Waals surface area (Å²) in [6.45, 7) is 0. The van der Waals surface area contributed by atoms with E-state index < -0.39 is 0 Å². The zero-order valence-corrected chi connectivity index (χ0v) is 44.3. The first kappa shape index (κ1) is 47.2. The van der Waals surface area contributed by atoms with Gasteiger partial charge in [-0.3, -0.25) is 0 Å². The third-order valence-electron chi connectivity index (χ3n) is 16.8. The standard InChI is InChI=1S/C78H56N2/c1-3-19-57(20-4-1)77-69-49-43-55(37-35-53-39-45-59(46-40-53)79-73-31-15-11-27-65(73)61-23-7-8-24-62(61)66-28-12-16-32-74(66)79)51-71(69)72-52-56(44-50-70(72)78(77)58-21-5-2-6-22-58)38-36-54-41-47-60(48-42-54)80-75-33-17-13-29-67(75)63-25-9-10-26-64(63)68-30-14-18-34-76(68)80/h1-13,15-29,31-52,65,73H,14,30H2/b37-35+,38-36+. The third-order valence-corrected chi connectivity index (χ3v) is 16.8. The number of hydrogen-bond acceptors (Lipinski definition) is 2. The van der Waals surface area contributed by atoms with Gasteiger partial charge in [0.05, 0.1) is 11.7 Å². The molecule has 2 unspecified atom stereocenters. The highest BCUT2D eigenvalue weighted by Crippen LogP contribution is 2.51. The summed E-state index contributed by atoms with van der Waals surface area (Å²) in [6.07, 6.45) is 24.9. The van der Waals surface area contributed by atoms with Crippen molar-refractivity contribution in [1.82, 2.24) is 0 Å². The molecule has 15 rings (SSSR count). The minimum absolute atomic E-state index is 0.152. The van der Waals surface area contributed by atoms with Gasteiger partial charge in [0.1, 0.15) is 0 Å². The zero-order chi connectivity index (χ0) is 52.9. The second kappa shape index (κ2) is 20.1. The summed E-state index contributed by atoms with van der Waals surface area (Å²) in [4.78, 5) is 5.00. The molecule has 0 saturated heterocycles. The third kappa shape index (κ3) is 8.27. The van der Waals surface area contributed by atoms with Gasteiger partial charge in [-0.25, -0.2) is 0 Å². The van der Waals surface area contributed by atoms with E-state index in [0.717, 1.165) is 40.8 Å². The van der Waals surface area contributed by atoms with Crippen LogP contribution in [0.1, 0.15) is 52.1 Å². The summed E-state index contributed by atoms with van der Waals surface area (Å²) < 4.78 is 0. The number of allylic oxidation sites excluding steroid dienone is 5. The lowest BCUT2D eigenvalue weighted by molar-refractivity contribution is 0.697. The van der Waals surface area contributed by atoms with Gasteiger partial charge in [-0.1, -0.05) is 249 Å². The molecular weight excluding hydrogens is 965 g/mol. The number of anilines is 4. The highest BCUT2D eigenvalue weighted by Gasteiger charge is 2.34. The van der Waals surface area contributed by atoms with Crippen molar-refractivity contribution in [2.45, 2.75) is 24.8 Å². The van der Waals surface area contributed by atoms with Crippen LogP contribution in [0.4, 0.5) is 22.7 Å². The van der Waals surface area contributed by atoms with Crippen LogP contribution in [0.5, 0.6) is 0 Å². The van der Waals surface area contributed by atoms with Crippen LogP contribution in [0, 0.1) is 0 Å². The number of rotatable bonds is 8. The number of nitrogens with zero attached hydrogens (tertiary/aromatic N) is 2. The van der Waals surface area contributed by atoms with E-state index in [9.17, 15) is 0 Å². The molecule has 0 radical (unpaired) electrons. The fraction of sp³-hybridized carbons (Fsp3) is 0.0513. The number of hydrogen-bond donors (Lipinski definition) is 0. The Morgan fingerprint density at radius 1 is 0.375 bits per heavy atom. The van der Waals surface area contributed by atoms with Crippen LogP contribution < -0.4 is 9.80 Å². The number of fused-ring (bicyclic) bond motifs is 12. The molecule has 378 valence electrons. The van der Waals surface area contributed by atoms with E-state index >= 15 is 0 Å². The molecule has 11 aromatic carbocycles. The molecule has 0 N–H and O–H groups in total. The van der Waals surface area contributed by atoms with E-state index in [0.29, 0.717) is 0 Å². The second-order valence-electron chi connectivity index (χ2n) is 21.4. The van der Waals surface area contributed by atoms with Crippen molar-refractivity contribution in [3.63, 3.8) is 0 Å². The van der Waals surface area contributed by atoms with Gasteiger partial charge in [0.2, 0.25) is 0 Å². The van der Waals surface area contributed by atoms with E-state index in [-0.39, 0.29) is 12.0 Å². The molecule has 2 atom stereocenters. The molecule has 0 aromatic heterocycles. The van der Waals surface area contributed by atoms with Gasteiger partial charge in [0.25, 0.3) is 0 Å². The van der Waals surface area contributed by atoms with Crippen LogP contribution in [0.25, 0.3) is 95.9 Å². The highest BCUT2D eigenvalue weighted by atomic mass is 15.2. The lowest BCUT2D eigenvalue weighted by Gasteiger charge is -2.36. The van der Waals surface area contributed by atoms with Crippen molar-refractivity contribution in [3.05, 3.63) is 318 Å². The van der Waals surface area contributed by atoms with Gasteiger partial charge in [-0.2, -0.15) is 0 Å². The van der Waals surface area contributed by atoms with Crippen molar-refractivity contribution in [2.24, 2.45) is 0 Å². The highest BCUT2D eigenvalue weighted by molar-refractivity contribution is 6.22. The molecule has 80 heavy (non-hydrogen) atoms. The topological polar surface area (TPSA) is 6.48 Å². The van der Waals surface area contributed by atoms with Gasteiger partial charge in [-0.15, -0.1) is 0 Å². The summed E-state index contributed by atoms with van der Waals surface area (Å²) in [5, 5.41) is 4.92.